The zero-order valence-electron chi connectivity index (χ0n) is 11.9. The van der Waals surface area contributed by atoms with Gasteiger partial charge in [0.1, 0.15) is 5.82 Å². The van der Waals surface area contributed by atoms with E-state index in [1.165, 1.54) is 23.5 Å². The lowest BCUT2D eigenvalue weighted by Crippen LogP contribution is -2.08. The molecule has 0 bridgehead atoms. The third kappa shape index (κ3) is 2.74. The number of Topliss-reactive ketones (excluding diaryl/α,β-unsaturated/α-hetero) is 1. The molecule has 108 valence electrons. The van der Waals surface area contributed by atoms with Crippen molar-refractivity contribution in [2.75, 3.05) is 0 Å². The molecule has 0 aliphatic rings. The molecule has 0 unspecified atom stereocenters. The van der Waals surface area contributed by atoms with Gasteiger partial charge in [0.15, 0.2) is 5.78 Å². The van der Waals surface area contributed by atoms with Crippen LogP contribution in [0.15, 0.2) is 30.3 Å². The molecule has 3 rings (SSSR count). The molecular formula is C16H15FN2OS. The molecule has 0 radical (unpaired) electrons. The van der Waals surface area contributed by atoms with E-state index in [9.17, 15) is 9.18 Å². The van der Waals surface area contributed by atoms with Gasteiger partial charge in [-0.1, -0.05) is 6.07 Å². The van der Waals surface area contributed by atoms with Gasteiger partial charge in [0, 0.05) is 16.9 Å². The van der Waals surface area contributed by atoms with Gasteiger partial charge < -0.3 is 0 Å². The van der Waals surface area contributed by atoms with Gasteiger partial charge in [0.2, 0.25) is 0 Å². The Balaban J connectivity index is 1.89. The van der Waals surface area contributed by atoms with Crippen molar-refractivity contribution in [1.82, 2.24) is 9.78 Å². The number of hydrogen-bond acceptors (Lipinski definition) is 3. The number of benzene rings is 1. The zero-order valence-corrected chi connectivity index (χ0v) is 12.7. The van der Waals surface area contributed by atoms with Gasteiger partial charge in [0.25, 0.3) is 0 Å². The standard InChI is InChI=1S/C16H15FN2OS/c1-3-19-13(6-10(2)18-19)9-14(20)16-7-11-4-5-12(17)8-15(11)21-16/h4-8H,3,9H2,1-2H3. The summed E-state index contributed by atoms with van der Waals surface area (Å²) in [5.41, 5.74) is 1.83. The van der Waals surface area contributed by atoms with Crippen molar-refractivity contribution in [2.24, 2.45) is 0 Å². The van der Waals surface area contributed by atoms with Crippen LogP contribution in [0.3, 0.4) is 0 Å². The second-order valence-corrected chi connectivity index (χ2v) is 6.07. The minimum atomic E-state index is -0.275. The predicted molar refractivity (Wildman–Crippen MR) is 82.5 cm³/mol. The lowest BCUT2D eigenvalue weighted by atomic mass is 10.1. The number of hydrogen-bond donors (Lipinski definition) is 0. The van der Waals surface area contributed by atoms with E-state index in [1.54, 1.807) is 6.07 Å². The van der Waals surface area contributed by atoms with Crippen LogP contribution in [0, 0.1) is 12.7 Å². The summed E-state index contributed by atoms with van der Waals surface area (Å²) in [6, 6.07) is 8.37. The number of aryl methyl sites for hydroxylation is 2. The van der Waals surface area contributed by atoms with E-state index >= 15 is 0 Å². The minimum Gasteiger partial charge on any atom is -0.293 e. The molecule has 21 heavy (non-hydrogen) atoms. The molecule has 5 heteroatoms. The van der Waals surface area contributed by atoms with Gasteiger partial charge in [-0.05, 0) is 43.5 Å². The Bertz CT molecular complexity index is 819. The van der Waals surface area contributed by atoms with Crippen molar-refractivity contribution >= 4 is 27.2 Å². The first-order chi connectivity index (χ1) is 10.1. The summed E-state index contributed by atoms with van der Waals surface area (Å²) in [6.07, 6.45) is 0.323. The van der Waals surface area contributed by atoms with Crippen LogP contribution in [0.5, 0.6) is 0 Å². The van der Waals surface area contributed by atoms with Gasteiger partial charge >= 0.3 is 0 Å². The van der Waals surface area contributed by atoms with Crippen LogP contribution < -0.4 is 0 Å². The van der Waals surface area contributed by atoms with Gasteiger partial charge in [-0.15, -0.1) is 11.3 Å². The molecule has 3 aromatic rings. The number of ketones is 1. The van der Waals surface area contributed by atoms with E-state index in [0.717, 1.165) is 28.0 Å². The number of carbonyl (C=O) groups is 1. The molecule has 3 nitrogen and oxygen atoms in total. The summed E-state index contributed by atoms with van der Waals surface area (Å²) in [5.74, 6) is -0.228. The molecule has 0 fully saturated rings. The van der Waals surface area contributed by atoms with Crippen LogP contribution in [-0.2, 0) is 13.0 Å². The Morgan fingerprint density at radius 1 is 1.33 bits per heavy atom. The highest BCUT2D eigenvalue weighted by Gasteiger charge is 2.14. The van der Waals surface area contributed by atoms with Gasteiger partial charge in [-0.2, -0.15) is 5.10 Å². The van der Waals surface area contributed by atoms with E-state index < -0.39 is 0 Å². The van der Waals surface area contributed by atoms with Crippen molar-refractivity contribution in [3.63, 3.8) is 0 Å². The summed E-state index contributed by atoms with van der Waals surface area (Å²) in [6.45, 7) is 4.67. The Hall–Kier alpha value is -2.01. The molecular weight excluding hydrogens is 287 g/mol. The van der Waals surface area contributed by atoms with Crippen molar-refractivity contribution in [1.29, 1.82) is 0 Å². The van der Waals surface area contributed by atoms with Crippen LogP contribution in [0.25, 0.3) is 10.1 Å². The van der Waals surface area contributed by atoms with E-state index in [1.807, 2.05) is 30.7 Å². The van der Waals surface area contributed by atoms with E-state index in [2.05, 4.69) is 5.10 Å². The normalized spacial score (nSPS) is 11.2. The quantitative estimate of drug-likeness (QED) is 0.683. The fourth-order valence-electron chi connectivity index (χ4n) is 2.41. The maximum Gasteiger partial charge on any atom is 0.178 e. The number of fused-ring (bicyclic) bond motifs is 1. The third-order valence-electron chi connectivity index (χ3n) is 3.38. The summed E-state index contributed by atoms with van der Waals surface area (Å²) in [7, 11) is 0. The zero-order chi connectivity index (χ0) is 15.0. The summed E-state index contributed by atoms with van der Waals surface area (Å²) < 4.78 is 15.9. The highest BCUT2D eigenvalue weighted by atomic mass is 32.1. The molecule has 2 aromatic heterocycles. The minimum absolute atomic E-state index is 0.0474. The van der Waals surface area contributed by atoms with Crippen molar-refractivity contribution in [3.05, 3.63) is 52.4 Å². The largest absolute Gasteiger partial charge is 0.293 e. The fourth-order valence-corrected chi connectivity index (χ4v) is 3.43. The Labute approximate surface area is 126 Å². The van der Waals surface area contributed by atoms with Crippen molar-refractivity contribution in [2.45, 2.75) is 26.8 Å². The highest BCUT2D eigenvalue weighted by Crippen LogP contribution is 2.27. The Morgan fingerprint density at radius 2 is 2.14 bits per heavy atom. The summed E-state index contributed by atoms with van der Waals surface area (Å²) in [4.78, 5) is 13.1. The smallest absolute Gasteiger partial charge is 0.178 e. The van der Waals surface area contributed by atoms with Gasteiger partial charge in [-0.3, -0.25) is 9.48 Å². The molecule has 0 saturated heterocycles. The number of rotatable bonds is 4. The van der Waals surface area contributed by atoms with E-state index in [0.29, 0.717) is 11.3 Å². The molecule has 0 aliphatic heterocycles. The number of aromatic nitrogens is 2. The molecule has 0 amide bonds. The van der Waals surface area contributed by atoms with Crippen LogP contribution in [0.4, 0.5) is 4.39 Å². The number of halogens is 1. The molecule has 0 spiro atoms. The predicted octanol–water partition coefficient (Wildman–Crippen LogP) is 3.99. The summed E-state index contributed by atoms with van der Waals surface area (Å²) in [5, 5.41) is 5.26. The first kappa shape index (κ1) is 13.9. The average molecular weight is 302 g/mol. The molecule has 0 saturated carbocycles. The second kappa shape index (κ2) is 5.41. The van der Waals surface area contributed by atoms with Crippen LogP contribution in [0.1, 0.15) is 28.0 Å². The van der Waals surface area contributed by atoms with E-state index in [-0.39, 0.29) is 11.6 Å². The maximum absolute atomic E-state index is 13.2. The third-order valence-corrected chi connectivity index (χ3v) is 4.52. The lowest BCUT2D eigenvalue weighted by Gasteiger charge is -2.02. The monoisotopic (exact) mass is 302 g/mol. The molecule has 0 atom stereocenters. The maximum atomic E-state index is 13.2. The second-order valence-electron chi connectivity index (χ2n) is 4.99. The number of carbonyl (C=O) groups excluding carboxylic acids is 1. The molecule has 0 N–H and O–H groups in total. The highest BCUT2D eigenvalue weighted by molar-refractivity contribution is 7.20. The fraction of sp³-hybridized carbons (Fsp3) is 0.250. The topological polar surface area (TPSA) is 34.9 Å². The SMILES string of the molecule is CCn1nc(C)cc1CC(=O)c1cc2ccc(F)cc2s1. The Kier molecular flexibility index (Phi) is 3.59. The number of nitrogens with zero attached hydrogens (tertiary/aromatic N) is 2. The van der Waals surface area contributed by atoms with Crippen molar-refractivity contribution < 1.29 is 9.18 Å². The molecule has 1 aromatic carbocycles. The van der Waals surface area contributed by atoms with Crippen LogP contribution >= 0.6 is 11.3 Å². The average Bonchev–Trinajstić information content (AvgIpc) is 3.01. The number of thiophene rings is 1. The van der Waals surface area contributed by atoms with Crippen molar-refractivity contribution in [3.8, 4) is 0 Å². The lowest BCUT2D eigenvalue weighted by molar-refractivity contribution is 0.0994. The summed E-state index contributed by atoms with van der Waals surface area (Å²) >= 11 is 1.34. The molecule has 2 heterocycles. The van der Waals surface area contributed by atoms with E-state index in [4.69, 9.17) is 0 Å². The Morgan fingerprint density at radius 3 is 2.90 bits per heavy atom. The van der Waals surface area contributed by atoms with Gasteiger partial charge in [-0.25, -0.2) is 4.39 Å². The van der Waals surface area contributed by atoms with Crippen LogP contribution in [0.2, 0.25) is 0 Å². The first-order valence-corrected chi connectivity index (χ1v) is 7.64. The first-order valence-electron chi connectivity index (χ1n) is 6.82. The molecule has 0 aliphatic carbocycles. The van der Waals surface area contributed by atoms with Crippen LogP contribution in [-0.4, -0.2) is 15.6 Å². The van der Waals surface area contributed by atoms with Gasteiger partial charge in [0.05, 0.1) is 17.0 Å².